The smallest absolute Gasteiger partial charge is 0.114 e. The van der Waals surface area contributed by atoms with Crippen LogP contribution in [0.3, 0.4) is 0 Å². The van der Waals surface area contributed by atoms with E-state index >= 15 is 0 Å². The maximum Gasteiger partial charge on any atom is 0.114 e. The second-order valence-corrected chi connectivity index (χ2v) is 5.17. The summed E-state index contributed by atoms with van der Waals surface area (Å²) in [5.41, 5.74) is 8.53. The first-order chi connectivity index (χ1) is 9.79. The van der Waals surface area contributed by atoms with E-state index in [2.05, 4.69) is 21.4 Å². The van der Waals surface area contributed by atoms with Gasteiger partial charge < -0.3 is 5.73 Å². The second kappa shape index (κ2) is 7.75. The van der Waals surface area contributed by atoms with E-state index in [0.717, 1.165) is 42.8 Å². The highest BCUT2D eigenvalue weighted by Crippen LogP contribution is 2.16. The molecule has 108 valence electrons. The van der Waals surface area contributed by atoms with Gasteiger partial charge in [-0.3, -0.25) is 9.67 Å². The van der Waals surface area contributed by atoms with Crippen LogP contribution in [0, 0.1) is 6.92 Å². The number of aryl methyl sites for hydroxylation is 2. The summed E-state index contributed by atoms with van der Waals surface area (Å²) >= 11 is 0. The first kappa shape index (κ1) is 14.7. The van der Waals surface area contributed by atoms with Crippen molar-refractivity contribution in [3.63, 3.8) is 0 Å². The fourth-order valence-corrected chi connectivity index (χ4v) is 2.18. The highest BCUT2D eigenvalue weighted by atomic mass is 15.4. The maximum absolute atomic E-state index is 5.48. The van der Waals surface area contributed by atoms with Gasteiger partial charge in [0.15, 0.2) is 0 Å². The molecule has 0 aliphatic carbocycles. The lowest BCUT2D eigenvalue weighted by Gasteiger charge is -2.00. The number of nitrogens with two attached hydrogens (primary N) is 1. The molecule has 20 heavy (non-hydrogen) atoms. The Balaban J connectivity index is 1.80. The van der Waals surface area contributed by atoms with Gasteiger partial charge in [0.25, 0.3) is 0 Å². The van der Waals surface area contributed by atoms with Crippen molar-refractivity contribution in [2.45, 2.75) is 45.6 Å². The Morgan fingerprint density at radius 1 is 1.10 bits per heavy atom. The Morgan fingerprint density at radius 2 is 1.90 bits per heavy atom. The quantitative estimate of drug-likeness (QED) is 0.750. The van der Waals surface area contributed by atoms with Gasteiger partial charge in [0.1, 0.15) is 5.69 Å². The van der Waals surface area contributed by atoms with Crippen molar-refractivity contribution in [1.82, 2.24) is 20.0 Å². The third kappa shape index (κ3) is 4.42. The van der Waals surface area contributed by atoms with E-state index < -0.39 is 0 Å². The predicted octanol–water partition coefficient (Wildman–Crippen LogP) is 2.56. The number of unbranched alkanes of at least 4 members (excludes halogenated alkanes) is 4. The van der Waals surface area contributed by atoms with Gasteiger partial charge >= 0.3 is 0 Å². The lowest BCUT2D eigenvalue weighted by molar-refractivity contribution is 0.518. The van der Waals surface area contributed by atoms with E-state index in [1.54, 1.807) is 0 Å². The standard InChI is InChI=1S/C15H23N5/c1-13-9-14(11-17-10-13)15-12-20(19-18-15)8-6-4-2-3-5-7-16/h9-12H,2-8,16H2,1H3. The Bertz CT molecular complexity index is 520. The third-order valence-electron chi connectivity index (χ3n) is 3.30. The lowest BCUT2D eigenvalue weighted by atomic mass is 10.1. The zero-order chi connectivity index (χ0) is 14.2. The summed E-state index contributed by atoms with van der Waals surface area (Å²) in [5.74, 6) is 0. The van der Waals surface area contributed by atoms with Crippen molar-refractivity contribution in [2.75, 3.05) is 6.54 Å². The molecule has 0 spiro atoms. The number of aromatic nitrogens is 4. The highest BCUT2D eigenvalue weighted by molar-refractivity contribution is 5.56. The predicted molar refractivity (Wildman–Crippen MR) is 80.1 cm³/mol. The third-order valence-corrected chi connectivity index (χ3v) is 3.30. The molecule has 2 heterocycles. The van der Waals surface area contributed by atoms with Gasteiger partial charge in [-0.25, -0.2) is 0 Å². The molecule has 0 saturated heterocycles. The molecule has 2 rings (SSSR count). The fraction of sp³-hybridized carbons (Fsp3) is 0.533. The van der Waals surface area contributed by atoms with E-state index in [4.69, 9.17) is 5.73 Å². The van der Waals surface area contributed by atoms with Crippen LogP contribution >= 0.6 is 0 Å². The van der Waals surface area contributed by atoms with Crippen molar-refractivity contribution in [3.8, 4) is 11.3 Å². The minimum atomic E-state index is 0.803. The summed E-state index contributed by atoms with van der Waals surface area (Å²) in [6, 6.07) is 2.08. The molecule has 2 aromatic rings. The van der Waals surface area contributed by atoms with Crippen LogP contribution in [0.4, 0.5) is 0 Å². The molecule has 0 amide bonds. The lowest BCUT2D eigenvalue weighted by Crippen LogP contribution is -2.00. The molecule has 0 unspecified atom stereocenters. The number of pyridine rings is 1. The Hall–Kier alpha value is -1.75. The molecule has 2 N–H and O–H groups in total. The fourth-order valence-electron chi connectivity index (χ4n) is 2.18. The molecule has 2 aromatic heterocycles. The van der Waals surface area contributed by atoms with Crippen LogP contribution in [-0.2, 0) is 6.54 Å². The van der Waals surface area contributed by atoms with Gasteiger partial charge in [0.2, 0.25) is 0 Å². The minimum absolute atomic E-state index is 0.803. The monoisotopic (exact) mass is 273 g/mol. The topological polar surface area (TPSA) is 69.6 Å². The van der Waals surface area contributed by atoms with Gasteiger partial charge in [0.05, 0.1) is 6.20 Å². The molecule has 0 radical (unpaired) electrons. The number of hydrogen-bond donors (Lipinski definition) is 1. The van der Waals surface area contributed by atoms with Gasteiger partial charge in [-0.2, -0.15) is 0 Å². The van der Waals surface area contributed by atoms with Crippen LogP contribution in [0.2, 0.25) is 0 Å². The average Bonchev–Trinajstić information content (AvgIpc) is 2.91. The molecule has 0 aromatic carbocycles. The molecule has 5 nitrogen and oxygen atoms in total. The van der Waals surface area contributed by atoms with Crippen LogP contribution in [-0.4, -0.2) is 26.5 Å². The minimum Gasteiger partial charge on any atom is -0.330 e. The van der Waals surface area contributed by atoms with Crippen molar-refractivity contribution in [3.05, 3.63) is 30.2 Å². The molecule has 0 bridgehead atoms. The van der Waals surface area contributed by atoms with Crippen LogP contribution in [0.25, 0.3) is 11.3 Å². The van der Waals surface area contributed by atoms with E-state index in [1.165, 1.54) is 19.3 Å². The van der Waals surface area contributed by atoms with Gasteiger partial charge in [0, 0.05) is 24.5 Å². The molecule has 0 fully saturated rings. The SMILES string of the molecule is Cc1cncc(-c2cn(CCCCCCCN)nn2)c1. The zero-order valence-electron chi connectivity index (χ0n) is 12.1. The van der Waals surface area contributed by atoms with E-state index in [-0.39, 0.29) is 0 Å². The second-order valence-electron chi connectivity index (χ2n) is 5.17. The summed E-state index contributed by atoms with van der Waals surface area (Å²) in [6.07, 6.45) is 11.6. The number of rotatable bonds is 8. The van der Waals surface area contributed by atoms with Gasteiger partial charge in [-0.05, 0) is 37.9 Å². The Kier molecular flexibility index (Phi) is 5.68. The van der Waals surface area contributed by atoms with Gasteiger partial charge in [-0.15, -0.1) is 5.10 Å². The van der Waals surface area contributed by atoms with E-state index in [0.29, 0.717) is 0 Å². The van der Waals surface area contributed by atoms with Crippen LogP contribution in [0.1, 0.15) is 37.7 Å². The van der Waals surface area contributed by atoms with E-state index in [9.17, 15) is 0 Å². The zero-order valence-corrected chi connectivity index (χ0v) is 12.1. The molecular formula is C15H23N5. The first-order valence-corrected chi connectivity index (χ1v) is 7.32. The number of nitrogens with zero attached hydrogens (tertiary/aromatic N) is 4. The molecule has 0 aliphatic heterocycles. The van der Waals surface area contributed by atoms with Crippen LogP contribution in [0.15, 0.2) is 24.7 Å². The first-order valence-electron chi connectivity index (χ1n) is 7.32. The number of hydrogen-bond acceptors (Lipinski definition) is 4. The van der Waals surface area contributed by atoms with Crippen LogP contribution < -0.4 is 5.73 Å². The van der Waals surface area contributed by atoms with E-state index in [1.807, 2.05) is 30.2 Å². The van der Waals surface area contributed by atoms with Crippen molar-refractivity contribution in [1.29, 1.82) is 0 Å². The summed E-state index contributed by atoms with van der Waals surface area (Å²) in [6.45, 7) is 3.76. The summed E-state index contributed by atoms with van der Waals surface area (Å²) < 4.78 is 1.92. The average molecular weight is 273 g/mol. The molecule has 0 saturated carbocycles. The largest absolute Gasteiger partial charge is 0.330 e. The summed E-state index contributed by atoms with van der Waals surface area (Å²) in [5, 5.41) is 8.39. The van der Waals surface area contributed by atoms with Crippen molar-refractivity contribution < 1.29 is 0 Å². The summed E-state index contributed by atoms with van der Waals surface area (Å²) in [7, 11) is 0. The molecule has 0 aliphatic rings. The van der Waals surface area contributed by atoms with Crippen molar-refractivity contribution in [2.24, 2.45) is 5.73 Å². The van der Waals surface area contributed by atoms with Gasteiger partial charge in [-0.1, -0.05) is 24.5 Å². The highest BCUT2D eigenvalue weighted by Gasteiger charge is 2.04. The maximum atomic E-state index is 5.48. The summed E-state index contributed by atoms with van der Waals surface area (Å²) in [4.78, 5) is 4.19. The van der Waals surface area contributed by atoms with Crippen molar-refractivity contribution >= 4 is 0 Å². The molecule has 5 heteroatoms. The molecular weight excluding hydrogens is 250 g/mol. The Morgan fingerprint density at radius 3 is 2.70 bits per heavy atom. The van der Waals surface area contributed by atoms with Crippen LogP contribution in [0.5, 0.6) is 0 Å². The normalized spacial score (nSPS) is 10.9. The Labute approximate surface area is 120 Å². The molecule has 0 atom stereocenters.